The van der Waals surface area contributed by atoms with Gasteiger partial charge in [0.05, 0.1) is 12.1 Å². The van der Waals surface area contributed by atoms with Crippen molar-refractivity contribution in [2.75, 3.05) is 6.54 Å². The van der Waals surface area contributed by atoms with Crippen LogP contribution in [-0.2, 0) is 0 Å². The highest BCUT2D eigenvalue weighted by molar-refractivity contribution is 5.92. The molecule has 1 saturated carbocycles. The van der Waals surface area contributed by atoms with Crippen molar-refractivity contribution in [1.29, 1.82) is 0 Å². The molecule has 0 heterocycles. The summed E-state index contributed by atoms with van der Waals surface area (Å²) in [6, 6.07) is 0. The van der Waals surface area contributed by atoms with Crippen LogP contribution < -0.4 is 17.2 Å². The first-order chi connectivity index (χ1) is 7.52. The summed E-state index contributed by atoms with van der Waals surface area (Å²) < 4.78 is 0. The number of guanidine groups is 2. The minimum absolute atomic E-state index is 0.0256. The minimum atomic E-state index is -0.736. The smallest absolute Gasteiger partial charge is 0.218 e. The second-order valence-electron chi connectivity index (χ2n) is 4.35. The largest absolute Gasteiger partial charge is 0.388 e. The normalized spacial score (nSPS) is 21.2. The van der Waals surface area contributed by atoms with Gasteiger partial charge in [-0.25, -0.2) is 4.99 Å². The lowest BCUT2D eigenvalue weighted by molar-refractivity contribution is 0.0344. The molecule has 1 aliphatic carbocycles. The van der Waals surface area contributed by atoms with Gasteiger partial charge in [-0.1, -0.05) is 25.7 Å². The van der Waals surface area contributed by atoms with Crippen LogP contribution in [0.2, 0.25) is 0 Å². The van der Waals surface area contributed by atoms with Crippen LogP contribution in [-0.4, -0.2) is 29.2 Å². The first kappa shape index (κ1) is 12.8. The molecule has 0 saturated heterocycles. The molecule has 0 aromatic rings. The summed E-state index contributed by atoms with van der Waals surface area (Å²) in [7, 11) is 0. The van der Waals surface area contributed by atoms with Gasteiger partial charge in [0.2, 0.25) is 5.96 Å². The quantitative estimate of drug-likeness (QED) is 0.293. The van der Waals surface area contributed by atoms with Crippen molar-refractivity contribution in [1.82, 2.24) is 0 Å². The zero-order valence-electron chi connectivity index (χ0n) is 9.52. The van der Waals surface area contributed by atoms with Gasteiger partial charge in [-0.15, -0.1) is 0 Å². The number of aliphatic hydroxyl groups is 1. The number of aliphatic imine (C=N–C) groups is 2. The fourth-order valence-electron chi connectivity index (χ4n) is 1.94. The highest BCUT2D eigenvalue weighted by Gasteiger charge is 2.27. The predicted octanol–water partition coefficient (Wildman–Crippen LogP) is -0.340. The molecule has 0 bridgehead atoms. The second kappa shape index (κ2) is 5.69. The second-order valence-corrected chi connectivity index (χ2v) is 4.35. The lowest BCUT2D eigenvalue weighted by Gasteiger charge is -2.24. The topological polar surface area (TPSA) is 123 Å². The molecular weight excluding hydrogens is 206 g/mol. The molecule has 0 radical (unpaired) electrons. The van der Waals surface area contributed by atoms with Crippen molar-refractivity contribution in [3.8, 4) is 0 Å². The van der Waals surface area contributed by atoms with E-state index in [1.54, 1.807) is 0 Å². The van der Waals surface area contributed by atoms with Gasteiger partial charge in [-0.05, 0) is 12.8 Å². The number of nitrogens with two attached hydrogens (primary N) is 3. The highest BCUT2D eigenvalue weighted by Crippen LogP contribution is 2.27. The number of nitrogens with zero attached hydrogens (tertiary/aromatic N) is 2. The molecule has 92 valence electrons. The van der Waals surface area contributed by atoms with Crippen molar-refractivity contribution in [3.05, 3.63) is 0 Å². The molecule has 0 atom stereocenters. The van der Waals surface area contributed by atoms with Crippen molar-refractivity contribution in [2.45, 2.75) is 44.1 Å². The molecule has 0 unspecified atom stereocenters. The van der Waals surface area contributed by atoms with Gasteiger partial charge in [-0.2, -0.15) is 4.99 Å². The zero-order chi connectivity index (χ0) is 12.0. The van der Waals surface area contributed by atoms with Gasteiger partial charge >= 0.3 is 0 Å². The van der Waals surface area contributed by atoms with E-state index in [0.29, 0.717) is 0 Å². The number of hydrogen-bond donors (Lipinski definition) is 4. The lowest BCUT2D eigenvalue weighted by Crippen LogP contribution is -2.33. The van der Waals surface area contributed by atoms with Crippen LogP contribution in [0.1, 0.15) is 38.5 Å². The van der Waals surface area contributed by atoms with Crippen LogP contribution in [0.3, 0.4) is 0 Å². The Bertz CT molecular complexity index is 275. The average Bonchev–Trinajstić information content (AvgIpc) is 2.40. The number of hydrogen-bond acceptors (Lipinski definition) is 2. The Balaban J connectivity index is 2.54. The van der Waals surface area contributed by atoms with Crippen LogP contribution in [0.15, 0.2) is 9.98 Å². The van der Waals surface area contributed by atoms with Crippen molar-refractivity contribution < 1.29 is 5.11 Å². The molecule has 0 aromatic heterocycles. The fraction of sp³-hybridized carbons (Fsp3) is 0.800. The lowest BCUT2D eigenvalue weighted by atomic mass is 9.95. The standard InChI is InChI=1S/C10H21N5O/c11-8(12)15-9(13)14-7-10(16)5-3-1-2-4-6-10/h16H,1-7H2,(H6,11,12,13,14,15). The van der Waals surface area contributed by atoms with E-state index in [4.69, 9.17) is 17.2 Å². The molecule has 1 fully saturated rings. The van der Waals surface area contributed by atoms with Gasteiger partial charge in [0.1, 0.15) is 0 Å². The third-order valence-electron chi connectivity index (χ3n) is 2.81. The van der Waals surface area contributed by atoms with Crippen LogP contribution in [0.4, 0.5) is 0 Å². The minimum Gasteiger partial charge on any atom is -0.388 e. The summed E-state index contributed by atoms with van der Waals surface area (Å²) >= 11 is 0. The molecule has 16 heavy (non-hydrogen) atoms. The van der Waals surface area contributed by atoms with Crippen LogP contribution in [0.25, 0.3) is 0 Å². The SMILES string of the molecule is NC(N)=NC(N)=NCC1(O)CCCCCC1. The fourth-order valence-corrected chi connectivity index (χ4v) is 1.94. The van der Waals surface area contributed by atoms with E-state index in [0.717, 1.165) is 25.7 Å². The Morgan fingerprint density at radius 1 is 1.06 bits per heavy atom. The van der Waals surface area contributed by atoms with E-state index >= 15 is 0 Å². The monoisotopic (exact) mass is 227 g/mol. The molecule has 1 rings (SSSR count). The Kier molecular flexibility index (Phi) is 4.54. The highest BCUT2D eigenvalue weighted by atomic mass is 16.3. The molecule has 1 aliphatic rings. The van der Waals surface area contributed by atoms with Gasteiger partial charge in [0.25, 0.3) is 0 Å². The molecule has 0 spiro atoms. The Hall–Kier alpha value is -1.30. The van der Waals surface area contributed by atoms with Crippen molar-refractivity contribution in [3.63, 3.8) is 0 Å². The first-order valence-corrected chi connectivity index (χ1v) is 5.64. The summed E-state index contributed by atoms with van der Waals surface area (Å²) in [5, 5.41) is 10.3. The molecule has 6 nitrogen and oxygen atoms in total. The summed E-state index contributed by atoms with van der Waals surface area (Å²) in [6.07, 6.45) is 5.96. The third-order valence-corrected chi connectivity index (χ3v) is 2.81. The summed E-state index contributed by atoms with van der Waals surface area (Å²) in [4.78, 5) is 7.60. The summed E-state index contributed by atoms with van der Waals surface area (Å²) in [5.74, 6) is -0.0909. The molecule has 0 amide bonds. The van der Waals surface area contributed by atoms with Gasteiger partial charge in [0, 0.05) is 0 Å². The number of rotatable bonds is 2. The van der Waals surface area contributed by atoms with Crippen molar-refractivity contribution in [2.24, 2.45) is 27.2 Å². The van der Waals surface area contributed by atoms with E-state index < -0.39 is 5.60 Å². The van der Waals surface area contributed by atoms with Gasteiger partial charge in [-0.3, -0.25) is 0 Å². The molecule has 0 aromatic carbocycles. The molecule has 7 N–H and O–H groups in total. The Morgan fingerprint density at radius 3 is 2.12 bits per heavy atom. The summed E-state index contributed by atoms with van der Waals surface area (Å²) in [5.41, 5.74) is 15.1. The van der Waals surface area contributed by atoms with Crippen LogP contribution in [0.5, 0.6) is 0 Å². The molecular formula is C10H21N5O. The zero-order valence-corrected chi connectivity index (χ0v) is 9.52. The first-order valence-electron chi connectivity index (χ1n) is 5.64. The van der Waals surface area contributed by atoms with E-state index in [-0.39, 0.29) is 18.5 Å². The third kappa shape index (κ3) is 4.48. The van der Waals surface area contributed by atoms with E-state index in [9.17, 15) is 5.11 Å². The Labute approximate surface area is 95.6 Å². The van der Waals surface area contributed by atoms with E-state index in [1.807, 2.05) is 0 Å². The van der Waals surface area contributed by atoms with Crippen molar-refractivity contribution >= 4 is 11.9 Å². The molecule has 0 aliphatic heterocycles. The van der Waals surface area contributed by atoms with Gasteiger partial charge < -0.3 is 22.3 Å². The van der Waals surface area contributed by atoms with Crippen LogP contribution in [0, 0.1) is 0 Å². The summed E-state index contributed by atoms with van der Waals surface area (Å²) in [6.45, 7) is 0.273. The maximum Gasteiger partial charge on any atom is 0.218 e. The van der Waals surface area contributed by atoms with E-state index in [1.165, 1.54) is 12.8 Å². The molecule has 6 heteroatoms. The van der Waals surface area contributed by atoms with Gasteiger partial charge in [0.15, 0.2) is 5.96 Å². The van der Waals surface area contributed by atoms with E-state index in [2.05, 4.69) is 9.98 Å². The maximum atomic E-state index is 10.3. The van der Waals surface area contributed by atoms with Crippen LogP contribution >= 0.6 is 0 Å². The predicted molar refractivity (Wildman–Crippen MR) is 65.0 cm³/mol. The average molecular weight is 227 g/mol. The maximum absolute atomic E-state index is 10.3. The Morgan fingerprint density at radius 2 is 1.62 bits per heavy atom.